The number of fused-ring (bicyclic) bond motifs is 1. The van der Waals surface area contributed by atoms with Crippen LogP contribution in [-0.4, -0.2) is 17.8 Å². The molecule has 28 heavy (non-hydrogen) atoms. The normalized spacial score (nSPS) is 11.7. The number of benzene rings is 2. The van der Waals surface area contributed by atoms with Gasteiger partial charge in [0.05, 0.1) is 10.6 Å². The number of sulfonamides is 1. The van der Waals surface area contributed by atoms with E-state index in [0.717, 1.165) is 28.0 Å². The van der Waals surface area contributed by atoms with Gasteiger partial charge in [0.2, 0.25) is 0 Å². The predicted molar refractivity (Wildman–Crippen MR) is 112 cm³/mol. The lowest BCUT2D eigenvalue weighted by molar-refractivity contribution is 0.601. The Kier molecular flexibility index (Phi) is 4.61. The monoisotopic (exact) mass is 411 g/mol. The maximum absolute atomic E-state index is 12.7. The van der Waals surface area contributed by atoms with E-state index in [9.17, 15) is 8.42 Å². The molecule has 0 spiro atoms. The summed E-state index contributed by atoms with van der Waals surface area (Å²) in [4.78, 5) is 4.79. The molecule has 0 radical (unpaired) electrons. The molecule has 2 aromatic heterocycles. The smallest absolute Gasteiger partial charge is 0.261 e. The second-order valence-corrected chi connectivity index (χ2v) is 8.74. The zero-order valence-electron chi connectivity index (χ0n) is 15.3. The highest BCUT2D eigenvalue weighted by Gasteiger charge is 2.16. The standard InChI is InChI=1S/C21H18ClN3O2S/c1-14-8-9-18(12-19(14)22)28(26,27)24-17-7-3-6-16(11-17)20-13-25-10-4-5-15(2)21(25)23-20/h3-13,24H,1-2H3. The summed E-state index contributed by atoms with van der Waals surface area (Å²) in [5, 5.41) is 0.414. The summed E-state index contributed by atoms with van der Waals surface area (Å²) in [5.41, 5.74) is 4.83. The molecule has 7 heteroatoms. The van der Waals surface area contributed by atoms with Crippen LogP contribution in [0.5, 0.6) is 0 Å². The van der Waals surface area contributed by atoms with Gasteiger partial charge in [-0.15, -0.1) is 0 Å². The lowest BCUT2D eigenvalue weighted by Gasteiger charge is -2.10. The Labute approximate surface area is 168 Å². The molecule has 0 aliphatic heterocycles. The fourth-order valence-corrected chi connectivity index (χ4v) is 4.31. The van der Waals surface area contributed by atoms with Gasteiger partial charge in [-0.1, -0.05) is 35.9 Å². The van der Waals surface area contributed by atoms with E-state index in [-0.39, 0.29) is 4.90 Å². The summed E-state index contributed by atoms with van der Waals surface area (Å²) in [6.45, 7) is 3.83. The number of hydrogen-bond acceptors (Lipinski definition) is 3. The van der Waals surface area contributed by atoms with Crippen LogP contribution in [0.1, 0.15) is 11.1 Å². The van der Waals surface area contributed by atoms with Crippen LogP contribution in [0.4, 0.5) is 5.69 Å². The third-order valence-corrected chi connectivity index (χ3v) is 6.33. The van der Waals surface area contributed by atoms with Gasteiger partial charge >= 0.3 is 0 Å². The fourth-order valence-electron chi connectivity index (χ4n) is 2.99. The molecule has 0 amide bonds. The van der Waals surface area contributed by atoms with Gasteiger partial charge in [0, 0.05) is 28.7 Å². The maximum atomic E-state index is 12.7. The molecule has 2 aromatic carbocycles. The van der Waals surface area contributed by atoms with Gasteiger partial charge in [-0.3, -0.25) is 4.72 Å². The molecule has 2 heterocycles. The summed E-state index contributed by atoms with van der Waals surface area (Å²) in [6.07, 6.45) is 3.86. The molecule has 4 rings (SSSR count). The third-order valence-electron chi connectivity index (χ3n) is 4.54. The van der Waals surface area contributed by atoms with Gasteiger partial charge < -0.3 is 4.40 Å². The van der Waals surface area contributed by atoms with Gasteiger partial charge in [-0.05, 0) is 55.3 Å². The lowest BCUT2D eigenvalue weighted by atomic mass is 10.1. The molecule has 142 valence electrons. The first kappa shape index (κ1) is 18.5. The highest BCUT2D eigenvalue weighted by molar-refractivity contribution is 7.92. The molecule has 4 aromatic rings. The second-order valence-electron chi connectivity index (χ2n) is 6.65. The van der Waals surface area contributed by atoms with Crippen molar-refractivity contribution in [3.8, 4) is 11.3 Å². The number of aromatic nitrogens is 2. The van der Waals surface area contributed by atoms with Crippen molar-refractivity contribution < 1.29 is 8.42 Å². The summed E-state index contributed by atoms with van der Waals surface area (Å²) in [5.74, 6) is 0. The van der Waals surface area contributed by atoms with Gasteiger partial charge in [0.25, 0.3) is 10.0 Å². The third kappa shape index (κ3) is 3.48. The summed E-state index contributed by atoms with van der Waals surface area (Å²) < 4.78 is 30.0. The molecule has 0 aliphatic rings. The molecule has 0 unspecified atom stereocenters. The van der Waals surface area contributed by atoms with Crippen molar-refractivity contribution in [2.24, 2.45) is 0 Å². The van der Waals surface area contributed by atoms with Crippen LogP contribution < -0.4 is 4.72 Å². The van der Waals surface area contributed by atoms with Crippen molar-refractivity contribution in [2.45, 2.75) is 18.7 Å². The van der Waals surface area contributed by atoms with Crippen LogP contribution in [0, 0.1) is 13.8 Å². The Balaban J connectivity index is 1.68. The van der Waals surface area contributed by atoms with Gasteiger partial charge in [0.1, 0.15) is 5.65 Å². The molecular formula is C21H18ClN3O2S. The zero-order valence-corrected chi connectivity index (χ0v) is 16.9. The first-order chi connectivity index (χ1) is 13.3. The first-order valence-electron chi connectivity index (χ1n) is 8.67. The minimum Gasteiger partial charge on any atom is -0.306 e. The Bertz CT molecular complexity index is 1300. The van der Waals surface area contributed by atoms with E-state index in [2.05, 4.69) is 9.71 Å². The number of imidazole rings is 1. The second kappa shape index (κ2) is 6.96. The van der Waals surface area contributed by atoms with Crippen LogP contribution >= 0.6 is 11.6 Å². The van der Waals surface area contributed by atoms with Crippen molar-refractivity contribution in [1.82, 2.24) is 9.38 Å². The Hall–Kier alpha value is -2.83. The van der Waals surface area contributed by atoms with Crippen molar-refractivity contribution in [3.05, 3.63) is 83.1 Å². The minimum atomic E-state index is -3.74. The molecule has 0 bridgehead atoms. The number of anilines is 1. The summed E-state index contributed by atoms with van der Waals surface area (Å²) >= 11 is 6.08. The van der Waals surface area contributed by atoms with E-state index in [0.29, 0.717) is 10.7 Å². The number of rotatable bonds is 4. The van der Waals surface area contributed by atoms with Crippen LogP contribution in [0.15, 0.2) is 71.9 Å². The zero-order chi connectivity index (χ0) is 19.9. The van der Waals surface area contributed by atoms with E-state index >= 15 is 0 Å². The molecule has 5 nitrogen and oxygen atoms in total. The van der Waals surface area contributed by atoms with Crippen LogP contribution in [0.25, 0.3) is 16.9 Å². The SMILES string of the molecule is Cc1ccc(S(=O)(=O)Nc2cccc(-c3cn4cccc(C)c4n3)c2)cc1Cl. The summed E-state index contributed by atoms with van der Waals surface area (Å²) in [6, 6.07) is 15.8. The molecular weight excluding hydrogens is 394 g/mol. The van der Waals surface area contributed by atoms with E-state index in [1.807, 2.05) is 48.8 Å². The number of hydrogen-bond donors (Lipinski definition) is 1. The molecule has 0 saturated carbocycles. The number of pyridine rings is 1. The Morgan fingerprint density at radius 2 is 1.82 bits per heavy atom. The maximum Gasteiger partial charge on any atom is 0.261 e. The van der Waals surface area contributed by atoms with Crippen molar-refractivity contribution in [2.75, 3.05) is 4.72 Å². The quantitative estimate of drug-likeness (QED) is 0.509. The highest BCUT2D eigenvalue weighted by Crippen LogP contribution is 2.26. The number of aryl methyl sites for hydroxylation is 2. The first-order valence-corrected chi connectivity index (χ1v) is 10.5. The Morgan fingerprint density at radius 3 is 2.57 bits per heavy atom. The molecule has 0 atom stereocenters. The van der Waals surface area contributed by atoms with Crippen molar-refractivity contribution in [3.63, 3.8) is 0 Å². The number of nitrogens with zero attached hydrogens (tertiary/aromatic N) is 2. The number of nitrogens with one attached hydrogen (secondary N) is 1. The van der Waals surface area contributed by atoms with E-state index in [4.69, 9.17) is 11.6 Å². The highest BCUT2D eigenvalue weighted by atomic mass is 35.5. The summed E-state index contributed by atoms with van der Waals surface area (Å²) in [7, 11) is -3.74. The Morgan fingerprint density at radius 1 is 1.00 bits per heavy atom. The molecule has 0 aliphatic carbocycles. The van der Waals surface area contributed by atoms with Crippen molar-refractivity contribution in [1.29, 1.82) is 0 Å². The van der Waals surface area contributed by atoms with E-state index in [1.54, 1.807) is 24.3 Å². The van der Waals surface area contributed by atoms with Crippen molar-refractivity contribution >= 4 is 33.0 Å². The molecule has 1 N–H and O–H groups in total. The van der Waals surface area contributed by atoms with Crippen LogP contribution in [0.2, 0.25) is 5.02 Å². The van der Waals surface area contributed by atoms with Crippen LogP contribution in [-0.2, 0) is 10.0 Å². The number of halogens is 1. The molecule has 0 fully saturated rings. The molecule has 0 saturated heterocycles. The average Bonchev–Trinajstić information content (AvgIpc) is 3.09. The van der Waals surface area contributed by atoms with Gasteiger partial charge in [-0.25, -0.2) is 13.4 Å². The van der Waals surface area contributed by atoms with E-state index < -0.39 is 10.0 Å². The topological polar surface area (TPSA) is 63.5 Å². The fraction of sp³-hybridized carbons (Fsp3) is 0.0952. The van der Waals surface area contributed by atoms with Gasteiger partial charge in [0.15, 0.2) is 0 Å². The minimum absolute atomic E-state index is 0.122. The van der Waals surface area contributed by atoms with E-state index in [1.165, 1.54) is 12.1 Å². The largest absolute Gasteiger partial charge is 0.306 e. The predicted octanol–water partition coefficient (Wildman–Crippen LogP) is 5.07. The van der Waals surface area contributed by atoms with Gasteiger partial charge in [-0.2, -0.15) is 0 Å². The average molecular weight is 412 g/mol. The lowest BCUT2D eigenvalue weighted by Crippen LogP contribution is -2.13. The van der Waals surface area contributed by atoms with Crippen LogP contribution in [0.3, 0.4) is 0 Å².